The topological polar surface area (TPSA) is 73.1 Å². The van der Waals surface area contributed by atoms with E-state index in [9.17, 15) is 14.4 Å². The number of nitrogens with one attached hydrogen (secondary N) is 1. The van der Waals surface area contributed by atoms with Gasteiger partial charge >= 0.3 is 5.69 Å². The highest BCUT2D eigenvalue weighted by Crippen LogP contribution is 2.07. The summed E-state index contributed by atoms with van der Waals surface area (Å²) in [4.78, 5) is 37.3. The molecule has 0 spiro atoms. The summed E-state index contributed by atoms with van der Waals surface area (Å²) in [6.07, 6.45) is 0.719. The molecule has 0 atom stereocenters. The number of hydrogen-bond acceptors (Lipinski definition) is 3. The Kier molecular flexibility index (Phi) is 5.31. The van der Waals surface area contributed by atoms with Gasteiger partial charge < -0.3 is 5.32 Å². The zero-order valence-electron chi connectivity index (χ0n) is 14.6. The number of carbonyl (C=O) groups is 1. The minimum absolute atomic E-state index is 0.117. The number of carbonyl (C=O) groups excluding carboxylic acids is 1. The molecular formula is C20H21N3O3. The smallest absolute Gasteiger partial charge is 0.331 e. The van der Waals surface area contributed by atoms with Gasteiger partial charge in [-0.2, -0.15) is 0 Å². The summed E-state index contributed by atoms with van der Waals surface area (Å²) in [5, 5.41) is 3.27. The molecule has 1 amide bonds. The van der Waals surface area contributed by atoms with Gasteiger partial charge in [0, 0.05) is 13.1 Å². The Morgan fingerprint density at radius 1 is 0.962 bits per heavy atom. The van der Waals surface area contributed by atoms with E-state index < -0.39 is 5.69 Å². The van der Waals surface area contributed by atoms with E-state index in [0.29, 0.717) is 17.4 Å². The van der Waals surface area contributed by atoms with Gasteiger partial charge in [0.1, 0.15) is 6.54 Å². The van der Waals surface area contributed by atoms with E-state index in [1.165, 1.54) is 4.57 Å². The highest BCUT2D eigenvalue weighted by Gasteiger charge is 2.14. The second kappa shape index (κ2) is 7.82. The van der Waals surface area contributed by atoms with Crippen LogP contribution >= 0.6 is 0 Å². The van der Waals surface area contributed by atoms with Crippen molar-refractivity contribution in [3.8, 4) is 0 Å². The lowest BCUT2D eigenvalue weighted by Crippen LogP contribution is -2.42. The van der Waals surface area contributed by atoms with Crippen molar-refractivity contribution in [3.05, 3.63) is 81.0 Å². The second-order valence-electron chi connectivity index (χ2n) is 6.02. The molecule has 0 radical (unpaired) electrons. The van der Waals surface area contributed by atoms with Crippen molar-refractivity contribution in [2.75, 3.05) is 6.54 Å². The molecule has 3 aromatic rings. The maximum absolute atomic E-state index is 12.6. The van der Waals surface area contributed by atoms with Crippen LogP contribution in [-0.4, -0.2) is 21.6 Å². The first-order valence-corrected chi connectivity index (χ1v) is 8.65. The molecule has 2 aromatic carbocycles. The maximum atomic E-state index is 12.6. The van der Waals surface area contributed by atoms with Crippen molar-refractivity contribution >= 4 is 16.8 Å². The van der Waals surface area contributed by atoms with Crippen LogP contribution in [0.3, 0.4) is 0 Å². The van der Waals surface area contributed by atoms with E-state index >= 15 is 0 Å². The van der Waals surface area contributed by atoms with E-state index in [1.807, 2.05) is 30.3 Å². The summed E-state index contributed by atoms with van der Waals surface area (Å²) < 4.78 is 2.51. The Bertz CT molecular complexity index is 1040. The fourth-order valence-corrected chi connectivity index (χ4v) is 2.99. The van der Waals surface area contributed by atoms with Crippen LogP contribution in [0.5, 0.6) is 0 Å². The van der Waals surface area contributed by atoms with Crippen molar-refractivity contribution in [2.24, 2.45) is 0 Å². The zero-order chi connectivity index (χ0) is 18.5. The predicted octanol–water partition coefficient (Wildman–Crippen LogP) is 1.54. The minimum Gasteiger partial charge on any atom is -0.354 e. The van der Waals surface area contributed by atoms with Gasteiger partial charge in [-0.15, -0.1) is 0 Å². The molecule has 1 heterocycles. The minimum atomic E-state index is -0.464. The Morgan fingerprint density at radius 2 is 1.65 bits per heavy atom. The van der Waals surface area contributed by atoms with Gasteiger partial charge in [0.25, 0.3) is 5.56 Å². The molecule has 6 heteroatoms. The number of hydrogen-bond donors (Lipinski definition) is 1. The largest absolute Gasteiger partial charge is 0.354 e. The first-order valence-electron chi connectivity index (χ1n) is 8.65. The van der Waals surface area contributed by atoms with Crippen LogP contribution in [0.1, 0.15) is 12.5 Å². The average molecular weight is 351 g/mol. The number of para-hydroxylation sites is 1. The van der Waals surface area contributed by atoms with E-state index in [0.717, 1.165) is 16.6 Å². The van der Waals surface area contributed by atoms with E-state index in [-0.39, 0.29) is 24.6 Å². The lowest BCUT2D eigenvalue weighted by Gasteiger charge is -2.13. The molecule has 6 nitrogen and oxygen atoms in total. The van der Waals surface area contributed by atoms with Crippen LogP contribution in [0, 0.1) is 0 Å². The highest BCUT2D eigenvalue weighted by atomic mass is 16.2. The molecule has 0 unspecified atom stereocenters. The standard InChI is InChI=1S/C20H21N3O3/c1-2-22-19(25)16-10-6-7-11-17(16)23(20(22)26)14-18(24)21-13-12-15-8-4-3-5-9-15/h3-11H,2,12-14H2,1H3,(H,21,24). The van der Waals surface area contributed by atoms with Crippen LogP contribution in [0.2, 0.25) is 0 Å². The lowest BCUT2D eigenvalue weighted by atomic mass is 10.1. The van der Waals surface area contributed by atoms with Crippen molar-refractivity contribution in [1.29, 1.82) is 0 Å². The number of benzene rings is 2. The fraction of sp³-hybridized carbons (Fsp3) is 0.250. The second-order valence-corrected chi connectivity index (χ2v) is 6.02. The van der Waals surface area contributed by atoms with Crippen LogP contribution in [-0.2, 0) is 24.3 Å². The number of aromatic nitrogens is 2. The molecule has 0 aliphatic rings. The Hall–Kier alpha value is -3.15. The number of fused-ring (bicyclic) bond motifs is 1. The third-order valence-electron chi connectivity index (χ3n) is 4.33. The quantitative estimate of drug-likeness (QED) is 0.732. The van der Waals surface area contributed by atoms with Crippen LogP contribution in [0.25, 0.3) is 10.9 Å². The van der Waals surface area contributed by atoms with Gasteiger partial charge in [-0.25, -0.2) is 4.79 Å². The molecule has 26 heavy (non-hydrogen) atoms. The molecule has 0 saturated heterocycles. The molecule has 1 N–H and O–H groups in total. The molecule has 0 aliphatic heterocycles. The monoisotopic (exact) mass is 351 g/mol. The van der Waals surface area contributed by atoms with Crippen molar-refractivity contribution in [3.63, 3.8) is 0 Å². The van der Waals surface area contributed by atoms with Gasteiger partial charge in [-0.1, -0.05) is 42.5 Å². The molecule has 1 aromatic heterocycles. The lowest BCUT2D eigenvalue weighted by molar-refractivity contribution is -0.121. The van der Waals surface area contributed by atoms with E-state index in [1.54, 1.807) is 31.2 Å². The molecule has 134 valence electrons. The summed E-state index contributed by atoms with van der Waals surface area (Å²) in [5.41, 5.74) is 0.823. The third-order valence-corrected chi connectivity index (χ3v) is 4.33. The van der Waals surface area contributed by atoms with Crippen molar-refractivity contribution in [2.45, 2.75) is 26.4 Å². The van der Waals surface area contributed by atoms with Gasteiger partial charge in [-0.3, -0.25) is 18.7 Å². The number of amides is 1. The van der Waals surface area contributed by atoms with Gasteiger partial charge in [0.15, 0.2) is 0 Å². The predicted molar refractivity (Wildman–Crippen MR) is 101 cm³/mol. The summed E-state index contributed by atoms with van der Waals surface area (Å²) >= 11 is 0. The SMILES string of the molecule is CCn1c(=O)c2ccccc2n(CC(=O)NCCc2ccccc2)c1=O. The van der Waals surface area contributed by atoms with Crippen LogP contribution in [0.4, 0.5) is 0 Å². The number of nitrogens with zero attached hydrogens (tertiary/aromatic N) is 2. The molecule has 0 saturated carbocycles. The third kappa shape index (κ3) is 3.59. The average Bonchev–Trinajstić information content (AvgIpc) is 2.66. The Morgan fingerprint density at radius 3 is 2.38 bits per heavy atom. The number of rotatable bonds is 6. The molecular weight excluding hydrogens is 330 g/mol. The summed E-state index contributed by atoms with van der Waals surface area (Å²) in [6.45, 7) is 2.37. The molecule has 3 rings (SSSR count). The fourth-order valence-electron chi connectivity index (χ4n) is 2.99. The summed E-state index contributed by atoms with van der Waals surface area (Å²) in [6, 6.07) is 16.7. The van der Waals surface area contributed by atoms with Crippen molar-refractivity contribution in [1.82, 2.24) is 14.5 Å². The summed E-state index contributed by atoms with van der Waals surface area (Å²) in [7, 11) is 0. The first-order chi connectivity index (χ1) is 12.6. The van der Waals surface area contributed by atoms with Gasteiger partial charge in [0.2, 0.25) is 5.91 Å². The highest BCUT2D eigenvalue weighted by molar-refractivity contribution is 5.81. The van der Waals surface area contributed by atoms with Gasteiger partial charge in [-0.05, 0) is 31.0 Å². The summed E-state index contributed by atoms with van der Waals surface area (Å²) in [5.74, 6) is -0.255. The maximum Gasteiger partial charge on any atom is 0.331 e. The van der Waals surface area contributed by atoms with E-state index in [4.69, 9.17) is 0 Å². The van der Waals surface area contributed by atoms with Crippen LogP contribution in [0.15, 0.2) is 64.2 Å². The molecule has 0 bridgehead atoms. The first kappa shape index (κ1) is 17.7. The zero-order valence-corrected chi connectivity index (χ0v) is 14.6. The molecule has 0 fully saturated rings. The Balaban J connectivity index is 1.81. The Labute approximate surface area is 150 Å². The van der Waals surface area contributed by atoms with E-state index in [2.05, 4.69) is 5.32 Å². The van der Waals surface area contributed by atoms with Gasteiger partial charge in [0.05, 0.1) is 10.9 Å². The molecule has 0 aliphatic carbocycles. The van der Waals surface area contributed by atoms with Crippen LogP contribution < -0.4 is 16.6 Å². The van der Waals surface area contributed by atoms with Crippen molar-refractivity contribution < 1.29 is 4.79 Å². The normalized spacial score (nSPS) is 10.8.